The van der Waals surface area contributed by atoms with Crippen molar-refractivity contribution in [2.75, 3.05) is 45.2 Å². The van der Waals surface area contributed by atoms with E-state index in [1.165, 1.54) is 0 Å². The third-order valence-corrected chi connectivity index (χ3v) is 5.88. The van der Waals surface area contributed by atoms with Gasteiger partial charge in [0.25, 0.3) is 0 Å². The fraction of sp³-hybridized carbons (Fsp3) is 0.571. The first-order valence-electron chi connectivity index (χ1n) is 9.88. The number of hydrogen-bond acceptors (Lipinski definition) is 4. The second-order valence-electron chi connectivity index (χ2n) is 7.77. The largest absolute Gasteiger partial charge is 0.385 e. The third-order valence-electron chi connectivity index (χ3n) is 5.88. The summed E-state index contributed by atoms with van der Waals surface area (Å²) in [5.74, 6) is 0.235. The first kappa shape index (κ1) is 20.2. The van der Waals surface area contributed by atoms with Crippen molar-refractivity contribution >= 4 is 17.6 Å². The summed E-state index contributed by atoms with van der Waals surface area (Å²) < 4.78 is 5.10. The van der Waals surface area contributed by atoms with Gasteiger partial charge >= 0.3 is 6.03 Å². The standard InChI is InChI=1S/C21H28N4O3/c1-28-13-3-10-25-16-21(7-6-19(25)26)8-11-24(12-9-21)20(27)23-18-5-2-4-17(14-18)15-22/h2,4-5,14H,3,6-13,16H2,1H3,(H,23,27). The van der Waals surface area contributed by atoms with E-state index in [4.69, 9.17) is 10.00 Å². The van der Waals surface area contributed by atoms with Gasteiger partial charge in [0.05, 0.1) is 11.6 Å². The summed E-state index contributed by atoms with van der Waals surface area (Å²) in [5, 5.41) is 11.9. The highest BCUT2D eigenvalue weighted by molar-refractivity contribution is 5.89. The van der Waals surface area contributed by atoms with Crippen molar-refractivity contribution in [3.63, 3.8) is 0 Å². The van der Waals surface area contributed by atoms with Crippen LogP contribution in [0.1, 0.15) is 37.7 Å². The first-order valence-corrected chi connectivity index (χ1v) is 9.88. The second kappa shape index (κ2) is 9.07. The third kappa shape index (κ3) is 4.82. The normalized spacial score (nSPS) is 18.8. The number of carbonyl (C=O) groups is 2. The van der Waals surface area contributed by atoms with Crippen molar-refractivity contribution < 1.29 is 14.3 Å². The summed E-state index contributed by atoms with van der Waals surface area (Å²) in [6, 6.07) is 8.88. The van der Waals surface area contributed by atoms with Gasteiger partial charge < -0.3 is 19.9 Å². The summed E-state index contributed by atoms with van der Waals surface area (Å²) in [6.45, 7) is 3.56. The molecule has 0 saturated carbocycles. The molecule has 2 aliphatic rings. The molecule has 0 bridgehead atoms. The van der Waals surface area contributed by atoms with E-state index in [0.29, 0.717) is 37.4 Å². The molecule has 2 heterocycles. The lowest BCUT2D eigenvalue weighted by molar-refractivity contribution is -0.139. The number of nitrogens with one attached hydrogen (secondary N) is 1. The molecular formula is C21H28N4O3. The predicted molar refractivity (Wildman–Crippen MR) is 106 cm³/mol. The number of methoxy groups -OCH3 is 1. The van der Waals surface area contributed by atoms with E-state index in [9.17, 15) is 9.59 Å². The van der Waals surface area contributed by atoms with E-state index in [2.05, 4.69) is 11.4 Å². The Kier molecular flexibility index (Phi) is 6.53. The van der Waals surface area contributed by atoms with Crippen LogP contribution in [0.4, 0.5) is 10.5 Å². The lowest BCUT2D eigenvalue weighted by atomic mass is 9.72. The van der Waals surface area contributed by atoms with Gasteiger partial charge in [0.2, 0.25) is 5.91 Å². The van der Waals surface area contributed by atoms with Crippen molar-refractivity contribution in [3.8, 4) is 6.07 Å². The van der Waals surface area contributed by atoms with E-state index in [0.717, 1.165) is 38.8 Å². The summed E-state index contributed by atoms with van der Waals surface area (Å²) in [7, 11) is 1.68. The minimum atomic E-state index is -0.131. The van der Waals surface area contributed by atoms with Gasteiger partial charge in [-0.05, 0) is 49.3 Å². The van der Waals surface area contributed by atoms with Crippen LogP contribution < -0.4 is 5.32 Å². The topological polar surface area (TPSA) is 85.7 Å². The zero-order valence-electron chi connectivity index (χ0n) is 16.4. The molecule has 2 aliphatic heterocycles. The molecule has 1 N–H and O–H groups in total. The van der Waals surface area contributed by atoms with Gasteiger partial charge in [-0.15, -0.1) is 0 Å². The van der Waals surface area contributed by atoms with Crippen LogP contribution in [-0.2, 0) is 9.53 Å². The van der Waals surface area contributed by atoms with Gasteiger partial charge in [0.15, 0.2) is 0 Å². The maximum Gasteiger partial charge on any atom is 0.321 e. The van der Waals surface area contributed by atoms with Gasteiger partial charge in [0, 0.05) is 52.0 Å². The minimum Gasteiger partial charge on any atom is -0.385 e. The Balaban J connectivity index is 1.53. The van der Waals surface area contributed by atoms with Crippen LogP contribution in [-0.4, -0.2) is 61.6 Å². The lowest BCUT2D eigenvalue weighted by Gasteiger charge is -2.47. The fourth-order valence-corrected chi connectivity index (χ4v) is 4.17. The van der Waals surface area contributed by atoms with E-state index < -0.39 is 0 Å². The number of carbonyl (C=O) groups excluding carboxylic acids is 2. The van der Waals surface area contributed by atoms with Gasteiger partial charge in [-0.25, -0.2) is 4.79 Å². The van der Waals surface area contributed by atoms with E-state index in [1.54, 1.807) is 31.4 Å². The Morgan fingerprint density at radius 2 is 2.11 bits per heavy atom. The molecule has 7 nitrogen and oxygen atoms in total. The van der Waals surface area contributed by atoms with Crippen LogP contribution in [0, 0.1) is 16.7 Å². The van der Waals surface area contributed by atoms with E-state index >= 15 is 0 Å². The number of nitrogens with zero attached hydrogens (tertiary/aromatic N) is 3. The average molecular weight is 384 g/mol. The zero-order valence-corrected chi connectivity index (χ0v) is 16.4. The average Bonchev–Trinajstić information content (AvgIpc) is 2.71. The number of rotatable bonds is 5. The second-order valence-corrected chi connectivity index (χ2v) is 7.77. The Labute approximate surface area is 166 Å². The SMILES string of the molecule is COCCCN1CC2(CCC1=O)CCN(C(=O)Nc1cccc(C#N)c1)CC2. The molecule has 0 aliphatic carbocycles. The predicted octanol–water partition coefficient (Wildman–Crippen LogP) is 2.83. The lowest BCUT2D eigenvalue weighted by Crippen LogP contribution is -2.53. The van der Waals surface area contributed by atoms with E-state index in [1.807, 2.05) is 9.80 Å². The molecule has 28 heavy (non-hydrogen) atoms. The molecule has 0 atom stereocenters. The van der Waals surface area contributed by atoms with Gasteiger partial charge in [0.1, 0.15) is 0 Å². The van der Waals surface area contributed by atoms with Crippen molar-refractivity contribution in [2.45, 2.75) is 32.1 Å². The number of hydrogen-bond donors (Lipinski definition) is 1. The molecule has 3 amide bonds. The summed E-state index contributed by atoms with van der Waals surface area (Å²) in [4.78, 5) is 28.6. The number of ether oxygens (including phenoxy) is 1. The zero-order chi connectivity index (χ0) is 20.0. The van der Waals surface area contributed by atoms with Crippen molar-refractivity contribution in [2.24, 2.45) is 5.41 Å². The number of urea groups is 1. The van der Waals surface area contributed by atoms with Crippen LogP contribution in [0.5, 0.6) is 0 Å². The Bertz CT molecular complexity index is 750. The minimum absolute atomic E-state index is 0.123. The Morgan fingerprint density at radius 1 is 1.32 bits per heavy atom. The molecule has 150 valence electrons. The van der Waals surface area contributed by atoms with Crippen molar-refractivity contribution in [1.82, 2.24) is 9.80 Å². The van der Waals surface area contributed by atoms with Crippen LogP contribution in [0.25, 0.3) is 0 Å². The Morgan fingerprint density at radius 3 is 2.82 bits per heavy atom. The molecule has 1 aromatic rings. The molecule has 0 unspecified atom stereocenters. The number of likely N-dealkylation sites (tertiary alicyclic amines) is 2. The summed E-state index contributed by atoms with van der Waals surface area (Å²) >= 11 is 0. The molecule has 3 rings (SSSR count). The summed E-state index contributed by atoms with van der Waals surface area (Å²) in [5.41, 5.74) is 1.28. The highest BCUT2D eigenvalue weighted by Crippen LogP contribution is 2.40. The van der Waals surface area contributed by atoms with Crippen molar-refractivity contribution in [3.05, 3.63) is 29.8 Å². The van der Waals surface area contributed by atoms with Crippen molar-refractivity contribution in [1.29, 1.82) is 5.26 Å². The highest BCUT2D eigenvalue weighted by atomic mass is 16.5. The van der Waals surface area contributed by atoms with Gasteiger partial charge in [-0.2, -0.15) is 5.26 Å². The number of benzene rings is 1. The molecule has 2 saturated heterocycles. The highest BCUT2D eigenvalue weighted by Gasteiger charge is 2.41. The number of piperidine rings is 2. The van der Waals surface area contributed by atoms with Crippen LogP contribution in [0.15, 0.2) is 24.3 Å². The molecule has 0 radical (unpaired) electrons. The molecule has 7 heteroatoms. The van der Waals surface area contributed by atoms with Crippen LogP contribution in [0.3, 0.4) is 0 Å². The number of amides is 3. The molecular weight excluding hydrogens is 356 g/mol. The quantitative estimate of drug-likeness (QED) is 0.791. The maximum absolute atomic E-state index is 12.6. The first-order chi connectivity index (χ1) is 13.5. The fourth-order valence-electron chi connectivity index (χ4n) is 4.17. The summed E-state index contributed by atoms with van der Waals surface area (Å²) in [6.07, 6.45) is 4.18. The van der Waals surface area contributed by atoms with Crippen LogP contribution >= 0.6 is 0 Å². The molecule has 0 aromatic heterocycles. The van der Waals surface area contributed by atoms with Gasteiger partial charge in [-0.1, -0.05) is 6.07 Å². The Hall–Kier alpha value is -2.59. The number of nitriles is 1. The van der Waals surface area contributed by atoms with E-state index in [-0.39, 0.29) is 17.4 Å². The smallest absolute Gasteiger partial charge is 0.321 e. The van der Waals surface area contributed by atoms with Gasteiger partial charge in [-0.3, -0.25) is 4.79 Å². The maximum atomic E-state index is 12.6. The molecule has 1 aromatic carbocycles. The van der Waals surface area contributed by atoms with Crippen LogP contribution in [0.2, 0.25) is 0 Å². The number of anilines is 1. The monoisotopic (exact) mass is 384 g/mol. The molecule has 1 spiro atoms. The molecule has 2 fully saturated rings.